The molecule has 0 saturated heterocycles. The topological polar surface area (TPSA) is 8.17 Å². The second kappa shape index (κ2) is 9.74. The van der Waals surface area contributed by atoms with Gasteiger partial charge < -0.3 is 0 Å². The van der Waals surface area contributed by atoms with Crippen LogP contribution in [-0.2, 0) is 0 Å². The van der Waals surface area contributed by atoms with Crippen molar-refractivity contribution in [1.82, 2.24) is 4.57 Å². The van der Waals surface area contributed by atoms with Crippen LogP contribution in [0, 0.1) is 0 Å². The first kappa shape index (κ1) is 24.5. The summed E-state index contributed by atoms with van der Waals surface area (Å²) in [4.78, 5) is 2.45. The Kier molecular flexibility index (Phi) is 5.55. The van der Waals surface area contributed by atoms with E-state index in [1.54, 1.807) is 0 Å². The number of rotatable bonds is 4. The van der Waals surface area contributed by atoms with Crippen molar-refractivity contribution in [3.05, 3.63) is 158 Å². The van der Waals surface area contributed by atoms with E-state index in [1.807, 2.05) is 0 Å². The Morgan fingerprint density at radius 1 is 0.419 bits per heavy atom. The van der Waals surface area contributed by atoms with Crippen molar-refractivity contribution in [3.63, 3.8) is 0 Å². The number of para-hydroxylation sites is 2. The third kappa shape index (κ3) is 3.87. The van der Waals surface area contributed by atoms with Crippen LogP contribution in [-0.4, -0.2) is 19.1 Å². The summed E-state index contributed by atoms with van der Waals surface area (Å²) in [6, 6.07) is 57.7. The van der Waals surface area contributed by atoms with Crippen LogP contribution in [0.25, 0.3) is 57.6 Å². The van der Waals surface area contributed by atoms with Crippen LogP contribution in [0.15, 0.2) is 158 Å². The summed E-state index contributed by atoms with van der Waals surface area (Å²) in [6.07, 6.45) is 0. The molecule has 7 aromatic carbocycles. The van der Waals surface area contributed by atoms with Crippen LogP contribution in [0.3, 0.4) is 0 Å². The summed E-state index contributed by atoms with van der Waals surface area (Å²) in [5, 5.41) is 7.75. The van der Waals surface area contributed by atoms with E-state index in [0.29, 0.717) is 14.5 Å². The fourth-order valence-electron chi connectivity index (χ4n) is 6.64. The molecule has 0 bridgehead atoms. The normalized spacial score (nSPS) is 11.7. The van der Waals surface area contributed by atoms with Gasteiger partial charge in [-0.25, -0.2) is 0 Å². The Morgan fingerprint density at radius 3 is 1.98 bits per heavy atom. The van der Waals surface area contributed by atoms with Crippen molar-refractivity contribution in [2.45, 2.75) is 0 Å². The molecule has 0 aliphatic carbocycles. The van der Waals surface area contributed by atoms with Gasteiger partial charge >= 0.3 is 250 Å². The maximum atomic E-state index is 2.45. The molecule has 9 aromatic rings. The van der Waals surface area contributed by atoms with Crippen LogP contribution >= 0.6 is 0 Å². The van der Waals surface area contributed by atoms with Crippen LogP contribution in [0.1, 0.15) is 0 Å². The Bertz CT molecular complexity index is 2460. The molecule has 9 rings (SSSR count). The molecule has 2 aromatic heterocycles. The molecule has 0 N–H and O–H groups in total. The molecule has 0 unspecified atom stereocenters. The standard InChI is InChI=1S/C40H26N2Se/c1-2-13-28(14-3-1)42-37-18-8-6-16-32(37)35-25-29(22-24-38(35)42)41(36-19-10-12-27-11-4-5-15-31(27)36)30-21-23-34-33-17-7-9-20-39(33)43-40(34)26-30/h1-26H. The summed E-state index contributed by atoms with van der Waals surface area (Å²) < 4.78 is 5.29. The number of aromatic nitrogens is 1. The van der Waals surface area contributed by atoms with Crippen molar-refractivity contribution in [2.24, 2.45) is 0 Å². The van der Waals surface area contributed by atoms with Gasteiger partial charge in [0.2, 0.25) is 0 Å². The number of hydrogen-bond donors (Lipinski definition) is 0. The van der Waals surface area contributed by atoms with Gasteiger partial charge in [-0.1, -0.05) is 6.07 Å². The third-order valence-corrected chi connectivity index (χ3v) is 10.9. The van der Waals surface area contributed by atoms with E-state index in [9.17, 15) is 0 Å². The molecule has 2 nitrogen and oxygen atoms in total. The minimum atomic E-state index is 0.291. The third-order valence-electron chi connectivity index (χ3n) is 8.56. The predicted octanol–water partition coefficient (Wildman–Crippen LogP) is 10.8. The molecule has 0 fully saturated rings. The quantitative estimate of drug-likeness (QED) is 0.179. The molecular formula is C40H26N2Se. The maximum absolute atomic E-state index is 2.45. The van der Waals surface area contributed by atoms with Crippen molar-refractivity contribution in [2.75, 3.05) is 4.90 Å². The van der Waals surface area contributed by atoms with Gasteiger partial charge in [0.1, 0.15) is 0 Å². The fourth-order valence-corrected chi connectivity index (χ4v) is 9.03. The van der Waals surface area contributed by atoms with Gasteiger partial charge in [0.25, 0.3) is 0 Å². The summed E-state index contributed by atoms with van der Waals surface area (Å²) >= 11 is 0.291. The average Bonchev–Trinajstić information content (AvgIpc) is 3.60. The van der Waals surface area contributed by atoms with Crippen molar-refractivity contribution < 1.29 is 0 Å². The summed E-state index contributed by atoms with van der Waals surface area (Å²) in [7, 11) is 0. The van der Waals surface area contributed by atoms with Gasteiger partial charge in [0.15, 0.2) is 0 Å². The molecular weight excluding hydrogens is 587 g/mol. The molecule has 0 spiro atoms. The Balaban J connectivity index is 1.33. The number of hydrogen-bond acceptors (Lipinski definition) is 1. The van der Waals surface area contributed by atoms with Crippen LogP contribution in [0.4, 0.5) is 17.1 Å². The SMILES string of the molecule is c1ccc(-n2c3ccccc3c3cc(N(c4ccc5c(c4)[se]c4ccccc45)c4cccc5ccccc45)ccc32)cc1. The van der Waals surface area contributed by atoms with Gasteiger partial charge in [0, 0.05) is 0 Å². The van der Waals surface area contributed by atoms with E-state index < -0.39 is 0 Å². The average molecular weight is 614 g/mol. The second-order valence-electron chi connectivity index (χ2n) is 11.0. The fraction of sp³-hybridized carbons (Fsp3) is 0. The first-order valence-electron chi connectivity index (χ1n) is 14.6. The monoisotopic (exact) mass is 614 g/mol. The van der Waals surface area contributed by atoms with Gasteiger partial charge in [-0.2, -0.15) is 0 Å². The predicted molar refractivity (Wildman–Crippen MR) is 185 cm³/mol. The summed E-state index contributed by atoms with van der Waals surface area (Å²) in [6.45, 7) is 0. The molecule has 0 radical (unpaired) electrons. The van der Waals surface area contributed by atoms with Gasteiger partial charge in [-0.3, -0.25) is 0 Å². The molecule has 202 valence electrons. The molecule has 0 aliphatic heterocycles. The van der Waals surface area contributed by atoms with E-state index in [2.05, 4.69) is 167 Å². The first-order chi connectivity index (χ1) is 21.3. The Labute approximate surface area is 255 Å². The van der Waals surface area contributed by atoms with Gasteiger partial charge in [0.05, 0.1) is 0 Å². The van der Waals surface area contributed by atoms with Crippen molar-refractivity contribution in [1.29, 1.82) is 0 Å². The number of benzene rings is 7. The van der Waals surface area contributed by atoms with E-state index in [4.69, 9.17) is 0 Å². The zero-order valence-corrected chi connectivity index (χ0v) is 25.0. The number of fused-ring (bicyclic) bond motifs is 7. The van der Waals surface area contributed by atoms with Crippen molar-refractivity contribution in [3.8, 4) is 5.69 Å². The molecule has 2 heterocycles. The summed E-state index contributed by atoms with van der Waals surface area (Å²) in [5.74, 6) is 0. The zero-order chi connectivity index (χ0) is 28.3. The van der Waals surface area contributed by atoms with Crippen molar-refractivity contribution >= 4 is 83.4 Å². The van der Waals surface area contributed by atoms with Crippen LogP contribution in [0.5, 0.6) is 0 Å². The first-order valence-corrected chi connectivity index (χ1v) is 16.3. The van der Waals surface area contributed by atoms with E-state index >= 15 is 0 Å². The van der Waals surface area contributed by atoms with Crippen LogP contribution in [0.2, 0.25) is 0 Å². The van der Waals surface area contributed by atoms with E-state index in [1.165, 1.54) is 68.9 Å². The molecule has 0 aliphatic rings. The molecule has 0 saturated carbocycles. The zero-order valence-electron chi connectivity index (χ0n) is 23.3. The van der Waals surface area contributed by atoms with E-state index in [0.717, 1.165) is 5.69 Å². The number of nitrogens with zero attached hydrogens (tertiary/aromatic N) is 2. The molecule has 43 heavy (non-hydrogen) atoms. The van der Waals surface area contributed by atoms with E-state index in [-0.39, 0.29) is 0 Å². The molecule has 3 heteroatoms. The second-order valence-corrected chi connectivity index (χ2v) is 13.3. The summed E-state index contributed by atoms with van der Waals surface area (Å²) in [5.41, 5.74) is 7.14. The van der Waals surface area contributed by atoms with Gasteiger partial charge in [-0.15, -0.1) is 0 Å². The molecule has 0 atom stereocenters. The van der Waals surface area contributed by atoms with Gasteiger partial charge in [-0.05, 0) is 0 Å². The minimum absolute atomic E-state index is 0.291. The van der Waals surface area contributed by atoms with Crippen LogP contribution < -0.4 is 4.90 Å². The Hall–Kier alpha value is -5.08. The molecule has 0 amide bonds. The number of anilines is 3. The Morgan fingerprint density at radius 2 is 1.07 bits per heavy atom.